The number of hydrogen-bond donors (Lipinski definition) is 2. The van der Waals surface area contributed by atoms with Gasteiger partial charge < -0.3 is 4.74 Å². The molecule has 0 fully saturated rings. The lowest BCUT2D eigenvalue weighted by molar-refractivity contribution is 0.0697. The van der Waals surface area contributed by atoms with Crippen LogP contribution in [0.25, 0.3) is 16.9 Å². The third-order valence-electron chi connectivity index (χ3n) is 4.03. The summed E-state index contributed by atoms with van der Waals surface area (Å²) in [4.78, 5) is 12.0. The maximum absolute atomic E-state index is 12.0. The predicted octanol–water partition coefficient (Wildman–Crippen LogP) is 2.59. The van der Waals surface area contributed by atoms with Crippen molar-refractivity contribution in [2.45, 2.75) is 6.42 Å². The molecule has 6 nitrogen and oxygen atoms in total. The first-order chi connectivity index (χ1) is 11.8. The summed E-state index contributed by atoms with van der Waals surface area (Å²) in [5.74, 6) is 0.192. The van der Waals surface area contributed by atoms with Crippen LogP contribution in [0.1, 0.15) is 16.1 Å². The molecule has 0 spiro atoms. The van der Waals surface area contributed by atoms with E-state index in [0.717, 1.165) is 29.0 Å². The molecule has 0 bridgehead atoms. The van der Waals surface area contributed by atoms with Crippen LogP contribution < -0.4 is 10.2 Å². The van der Waals surface area contributed by atoms with E-state index >= 15 is 0 Å². The highest BCUT2D eigenvalue weighted by Gasteiger charge is 2.22. The van der Waals surface area contributed by atoms with Crippen molar-refractivity contribution in [1.82, 2.24) is 15.3 Å². The van der Waals surface area contributed by atoms with Gasteiger partial charge in [-0.05, 0) is 29.8 Å². The number of ether oxygens (including phenoxy) is 1. The number of carbonyl (C=O) groups is 1. The maximum Gasteiger partial charge on any atom is 0.293 e. The number of fused-ring (bicyclic) bond motifs is 1. The summed E-state index contributed by atoms with van der Waals surface area (Å²) < 4.78 is 7.24. The number of aromatic nitrogens is 2. The molecule has 0 aliphatic carbocycles. The normalized spacial score (nSPS) is 12.5. The predicted molar refractivity (Wildman–Crippen MR) is 87.5 cm³/mol. The average Bonchev–Trinajstić information content (AvgIpc) is 3.28. The zero-order valence-electron chi connectivity index (χ0n) is 12.8. The van der Waals surface area contributed by atoms with Crippen molar-refractivity contribution in [3.05, 3.63) is 65.9 Å². The van der Waals surface area contributed by atoms with E-state index < -0.39 is 5.91 Å². The monoisotopic (exact) mass is 321 g/mol. The number of carbonyl (C=O) groups excluding carboxylic acids is 1. The minimum absolute atomic E-state index is 0.245. The summed E-state index contributed by atoms with van der Waals surface area (Å²) in [5, 5.41) is 13.6. The van der Waals surface area contributed by atoms with Gasteiger partial charge in [0.1, 0.15) is 11.4 Å². The van der Waals surface area contributed by atoms with Crippen molar-refractivity contribution in [1.29, 1.82) is 0 Å². The van der Waals surface area contributed by atoms with Gasteiger partial charge in [0, 0.05) is 12.0 Å². The molecule has 120 valence electrons. The molecule has 2 aromatic carbocycles. The molecule has 0 saturated carbocycles. The van der Waals surface area contributed by atoms with Gasteiger partial charge in [0.25, 0.3) is 5.91 Å². The summed E-state index contributed by atoms with van der Waals surface area (Å²) in [5.41, 5.74) is 5.25. The Balaban J connectivity index is 1.88. The van der Waals surface area contributed by atoms with Crippen LogP contribution >= 0.6 is 0 Å². The number of hydroxylamine groups is 1. The van der Waals surface area contributed by atoms with Crippen LogP contribution in [0, 0.1) is 0 Å². The van der Waals surface area contributed by atoms with Gasteiger partial charge in [-0.25, -0.2) is 10.2 Å². The van der Waals surface area contributed by atoms with Crippen LogP contribution in [-0.4, -0.2) is 27.5 Å². The Kier molecular flexibility index (Phi) is 3.51. The van der Waals surface area contributed by atoms with Gasteiger partial charge in [-0.15, -0.1) is 0 Å². The number of amides is 1. The lowest BCUT2D eigenvalue weighted by Crippen LogP contribution is -2.22. The molecule has 2 N–H and O–H groups in total. The van der Waals surface area contributed by atoms with E-state index in [0.29, 0.717) is 12.3 Å². The molecule has 0 radical (unpaired) electrons. The van der Waals surface area contributed by atoms with E-state index in [4.69, 9.17) is 9.94 Å². The number of para-hydroxylation sites is 2. The van der Waals surface area contributed by atoms with Crippen molar-refractivity contribution in [3.63, 3.8) is 0 Å². The molecule has 2 heterocycles. The average molecular weight is 321 g/mol. The second-order valence-corrected chi connectivity index (χ2v) is 5.50. The fraction of sp³-hybridized carbons (Fsp3) is 0.111. The van der Waals surface area contributed by atoms with Crippen molar-refractivity contribution in [2.24, 2.45) is 0 Å². The molecular weight excluding hydrogens is 306 g/mol. The van der Waals surface area contributed by atoms with E-state index in [2.05, 4.69) is 5.10 Å². The van der Waals surface area contributed by atoms with Crippen molar-refractivity contribution >= 4 is 5.91 Å². The zero-order chi connectivity index (χ0) is 16.5. The molecule has 4 rings (SSSR count). The quantitative estimate of drug-likeness (QED) is 0.574. The molecule has 1 amide bonds. The highest BCUT2D eigenvalue weighted by atomic mass is 16.5. The Labute approximate surface area is 138 Å². The Bertz CT molecular complexity index is 903. The van der Waals surface area contributed by atoms with Crippen LogP contribution in [0.15, 0.2) is 54.6 Å². The topological polar surface area (TPSA) is 76.4 Å². The third kappa shape index (κ3) is 2.33. The Morgan fingerprint density at radius 1 is 1.17 bits per heavy atom. The SMILES string of the molecule is O=C(NO)c1cc(-c2cccc3c2OCC3)nn1-c1ccccc1. The number of nitrogens with zero attached hydrogens (tertiary/aromatic N) is 2. The molecule has 6 heteroatoms. The number of benzene rings is 2. The second-order valence-electron chi connectivity index (χ2n) is 5.50. The van der Waals surface area contributed by atoms with Gasteiger partial charge >= 0.3 is 0 Å². The van der Waals surface area contributed by atoms with Crippen LogP contribution in [0.2, 0.25) is 0 Å². The van der Waals surface area contributed by atoms with Crippen molar-refractivity contribution in [2.75, 3.05) is 6.61 Å². The van der Waals surface area contributed by atoms with Gasteiger partial charge in [-0.3, -0.25) is 10.0 Å². The Morgan fingerprint density at radius 3 is 2.79 bits per heavy atom. The van der Waals surface area contributed by atoms with E-state index in [1.165, 1.54) is 4.68 Å². The zero-order valence-corrected chi connectivity index (χ0v) is 12.8. The van der Waals surface area contributed by atoms with E-state index in [1.54, 1.807) is 11.5 Å². The summed E-state index contributed by atoms with van der Waals surface area (Å²) >= 11 is 0. The second kappa shape index (κ2) is 5.82. The highest BCUT2D eigenvalue weighted by molar-refractivity contribution is 5.93. The Morgan fingerprint density at radius 2 is 2.00 bits per heavy atom. The van der Waals surface area contributed by atoms with Crippen LogP contribution in [0.3, 0.4) is 0 Å². The fourth-order valence-electron chi connectivity index (χ4n) is 2.91. The minimum Gasteiger partial charge on any atom is -0.492 e. The van der Waals surface area contributed by atoms with Gasteiger partial charge in [0.2, 0.25) is 0 Å². The van der Waals surface area contributed by atoms with Gasteiger partial charge in [-0.1, -0.05) is 30.3 Å². The molecule has 1 aliphatic rings. The number of nitrogens with one attached hydrogen (secondary N) is 1. The first-order valence-electron chi connectivity index (χ1n) is 7.63. The van der Waals surface area contributed by atoms with E-state index in [9.17, 15) is 4.79 Å². The van der Waals surface area contributed by atoms with Crippen LogP contribution in [-0.2, 0) is 6.42 Å². The maximum atomic E-state index is 12.0. The van der Waals surface area contributed by atoms with Crippen LogP contribution in [0.5, 0.6) is 5.75 Å². The molecule has 0 unspecified atom stereocenters. The van der Waals surface area contributed by atoms with Crippen molar-refractivity contribution in [3.8, 4) is 22.7 Å². The number of hydrogen-bond acceptors (Lipinski definition) is 4. The molecule has 0 atom stereocenters. The van der Waals surface area contributed by atoms with Crippen molar-refractivity contribution < 1.29 is 14.7 Å². The first kappa shape index (κ1) is 14.5. The van der Waals surface area contributed by atoms with Gasteiger partial charge in [0.15, 0.2) is 0 Å². The molecule has 0 saturated heterocycles. The summed E-state index contributed by atoms with van der Waals surface area (Å²) in [7, 11) is 0. The molecule has 1 aromatic heterocycles. The van der Waals surface area contributed by atoms with E-state index in [1.807, 2.05) is 48.5 Å². The minimum atomic E-state index is -0.619. The fourth-order valence-corrected chi connectivity index (χ4v) is 2.91. The van der Waals surface area contributed by atoms with Gasteiger partial charge in [0.05, 0.1) is 18.0 Å². The molecule has 24 heavy (non-hydrogen) atoms. The lowest BCUT2D eigenvalue weighted by atomic mass is 10.1. The number of rotatable bonds is 3. The molecule has 1 aliphatic heterocycles. The van der Waals surface area contributed by atoms with Crippen LogP contribution in [0.4, 0.5) is 0 Å². The van der Waals surface area contributed by atoms with E-state index in [-0.39, 0.29) is 5.69 Å². The molecule has 3 aromatic rings. The molecular formula is C18H15N3O3. The standard InChI is InChI=1S/C18H15N3O3/c22-18(20-23)16-11-15(19-21(16)13-6-2-1-3-7-13)14-8-4-5-12-9-10-24-17(12)14/h1-8,11,23H,9-10H2,(H,20,22). The summed E-state index contributed by atoms with van der Waals surface area (Å²) in [6.07, 6.45) is 0.868. The summed E-state index contributed by atoms with van der Waals surface area (Å²) in [6, 6.07) is 16.8. The largest absolute Gasteiger partial charge is 0.492 e. The smallest absolute Gasteiger partial charge is 0.293 e. The van der Waals surface area contributed by atoms with Gasteiger partial charge in [-0.2, -0.15) is 5.10 Å². The third-order valence-corrected chi connectivity index (χ3v) is 4.03. The Hall–Kier alpha value is -3.12. The summed E-state index contributed by atoms with van der Waals surface area (Å²) in [6.45, 7) is 0.649. The highest BCUT2D eigenvalue weighted by Crippen LogP contribution is 2.36. The lowest BCUT2D eigenvalue weighted by Gasteiger charge is -2.06. The first-order valence-corrected chi connectivity index (χ1v) is 7.63.